The second kappa shape index (κ2) is 8.98. The SMILES string of the molecule is CN(Cc1ccccc1)c1oc(-c2ccc(Br)cc2)nc1S(=O)(=O)c1ccc(Br)cc1. The first-order chi connectivity index (χ1) is 14.8. The van der Waals surface area contributed by atoms with Crippen molar-refractivity contribution in [2.75, 3.05) is 11.9 Å². The van der Waals surface area contributed by atoms with E-state index in [1.165, 1.54) is 0 Å². The molecule has 0 bridgehead atoms. The minimum absolute atomic E-state index is 0.105. The van der Waals surface area contributed by atoms with Crippen molar-refractivity contribution in [3.8, 4) is 11.5 Å². The summed E-state index contributed by atoms with van der Waals surface area (Å²) >= 11 is 6.75. The Labute approximate surface area is 197 Å². The molecule has 5 nitrogen and oxygen atoms in total. The smallest absolute Gasteiger partial charge is 0.236 e. The van der Waals surface area contributed by atoms with Crippen LogP contribution in [0.3, 0.4) is 0 Å². The molecule has 0 amide bonds. The maximum atomic E-state index is 13.4. The molecule has 8 heteroatoms. The van der Waals surface area contributed by atoms with Crippen LogP contribution in [0.25, 0.3) is 11.5 Å². The van der Waals surface area contributed by atoms with E-state index < -0.39 is 9.84 Å². The van der Waals surface area contributed by atoms with Gasteiger partial charge in [0.2, 0.25) is 26.6 Å². The Morgan fingerprint density at radius 2 is 1.45 bits per heavy atom. The summed E-state index contributed by atoms with van der Waals surface area (Å²) in [6, 6.07) is 23.6. The molecule has 0 N–H and O–H groups in total. The number of hydrogen-bond acceptors (Lipinski definition) is 5. The van der Waals surface area contributed by atoms with Crippen LogP contribution in [0.4, 0.5) is 5.88 Å². The van der Waals surface area contributed by atoms with E-state index in [-0.39, 0.29) is 21.7 Å². The number of halogens is 2. The molecule has 0 saturated heterocycles. The summed E-state index contributed by atoms with van der Waals surface area (Å²) in [5.74, 6) is 0.447. The summed E-state index contributed by atoms with van der Waals surface area (Å²) in [5.41, 5.74) is 1.72. The molecular formula is C23H18Br2N2O3S. The molecule has 158 valence electrons. The molecule has 3 aromatic carbocycles. The van der Waals surface area contributed by atoms with E-state index >= 15 is 0 Å². The van der Waals surface area contributed by atoms with Gasteiger partial charge >= 0.3 is 0 Å². The van der Waals surface area contributed by atoms with Gasteiger partial charge in [-0.2, -0.15) is 4.98 Å². The van der Waals surface area contributed by atoms with Crippen LogP contribution in [0.1, 0.15) is 5.56 Å². The van der Waals surface area contributed by atoms with Crippen molar-refractivity contribution in [3.63, 3.8) is 0 Å². The van der Waals surface area contributed by atoms with Gasteiger partial charge in [0.15, 0.2) is 0 Å². The highest BCUT2D eigenvalue weighted by atomic mass is 79.9. The summed E-state index contributed by atoms with van der Waals surface area (Å²) in [4.78, 5) is 6.33. The van der Waals surface area contributed by atoms with Gasteiger partial charge in [0.25, 0.3) is 0 Å². The van der Waals surface area contributed by atoms with Crippen LogP contribution in [-0.4, -0.2) is 20.4 Å². The van der Waals surface area contributed by atoms with Crippen LogP contribution in [-0.2, 0) is 16.4 Å². The van der Waals surface area contributed by atoms with Crippen molar-refractivity contribution in [2.24, 2.45) is 0 Å². The predicted octanol–water partition coefficient (Wildman–Crippen LogP) is 6.34. The maximum absolute atomic E-state index is 13.4. The van der Waals surface area contributed by atoms with Crippen molar-refractivity contribution >= 4 is 47.6 Å². The van der Waals surface area contributed by atoms with E-state index in [4.69, 9.17) is 4.42 Å². The number of benzene rings is 3. The monoisotopic (exact) mass is 560 g/mol. The van der Waals surface area contributed by atoms with Crippen LogP contribution in [0.15, 0.2) is 102 Å². The quantitative estimate of drug-likeness (QED) is 0.275. The zero-order valence-corrected chi connectivity index (χ0v) is 20.5. The summed E-state index contributed by atoms with van der Waals surface area (Å²) in [5, 5.41) is -0.105. The molecule has 0 unspecified atom stereocenters. The first-order valence-corrected chi connectivity index (χ1v) is 12.4. The topological polar surface area (TPSA) is 63.4 Å². The van der Waals surface area contributed by atoms with Gasteiger partial charge in [-0.25, -0.2) is 8.42 Å². The van der Waals surface area contributed by atoms with Crippen molar-refractivity contribution in [2.45, 2.75) is 16.5 Å². The molecule has 1 heterocycles. The molecule has 1 aromatic heterocycles. The number of hydrogen-bond donors (Lipinski definition) is 0. The Morgan fingerprint density at radius 3 is 2.06 bits per heavy atom. The normalized spacial score (nSPS) is 11.5. The highest BCUT2D eigenvalue weighted by Crippen LogP contribution is 2.35. The number of anilines is 1. The molecule has 0 atom stereocenters. The minimum atomic E-state index is -3.90. The first kappa shape index (κ1) is 21.8. The molecule has 0 aliphatic carbocycles. The van der Waals surface area contributed by atoms with E-state index in [1.54, 1.807) is 36.2 Å². The minimum Gasteiger partial charge on any atom is -0.419 e. The van der Waals surface area contributed by atoms with Gasteiger partial charge in [0, 0.05) is 28.1 Å². The van der Waals surface area contributed by atoms with Gasteiger partial charge in [0.1, 0.15) is 0 Å². The molecule has 4 rings (SSSR count). The maximum Gasteiger partial charge on any atom is 0.236 e. The number of rotatable bonds is 6. The Bertz CT molecular complexity index is 1290. The third-order valence-electron chi connectivity index (χ3n) is 4.66. The Kier molecular flexibility index (Phi) is 6.31. The Balaban J connectivity index is 1.81. The van der Waals surface area contributed by atoms with Crippen LogP contribution in [0, 0.1) is 0 Å². The van der Waals surface area contributed by atoms with Gasteiger partial charge in [-0.05, 0) is 54.1 Å². The summed E-state index contributed by atoms with van der Waals surface area (Å²) < 4.78 is 34.6. The van der Waals surface area contributed by atoms with Gasteiger partial charge < -0.3 is 9.32 Å². The van der Waals surface area contributed by atoms with Crippen LogP contribution in [0.2, 0.25) is 0 Å². The zero-order chi connectivity index (χ0) is 22.0. The number of aromatic nitrogens is 1. The second-order valence-electron chi connectivity index (χ2n) is 6.94. The fourth-order valence-electron chi connectivity index (χ4n) is 3.08. The highest BCUT2D eigenvalue weighted by Gasteiger charge is 2.30. The van der Waals surface area contributed by atoms with Gasteiger partial charge in [-0.3, -0.25) is 0 Å². The molecular weight excluding hydrogens is 544 g/mol. The first-order valence-electron chi connectivity index (χ1n) is 9.37. The van der Waals surface area contributed by atoms with E-state index in [0.717, 1.165) is 14.5 Å². The van der Waals surface area contributed by atoms with Gasteiger partial charge in [0.05, 0.1) is 4.90 Å². The molecule has 0 spiro atoms. The summed E-state index contributed by atoms with van der Waals surface area (Å²) in [7, 11) is -2.10. The van der Waals surface area contributed by atoms with Crippen molar-refractivity contribution in [1.82, 2.24) is 4.98 Å². The largest absolute Gasteiger partial charge is 0.419 e. The summed E-state index contributed by atoms with van der Waals surface area (Å²) in [6.45, 7) is 0.471. The highest BCUT2D eigenvalue weighted by molar-refractivity contribution is 9.10. The Hall–Kier alpha value is -2.42. The molecule has 0 aliphatic rings. The van der Waals surface area contributed by atoms with E-state index in [9.17, 15) is 8.42 Å². The van der Waals surface area contributed by atoms with Crippen molar-refractivity contribution in [1.29, 1.82) is 0 Å². The molecule has 0 aliphatic heterocycles. The summed E-state index contributed by atoms with van der Waals surface area (Å²) in [6.07, 6.45) is 0. The molecule has 0 fully saturated rings. The lowest BCUT2D eigenvalue weighted by atomic mass is 10.2. The number of oxazole rings is 1. The fraction of sp³-hybridized carbons (Fsp3) is 0.0870. The Morgan fingerprint density at radius 1 is 0.871 bits per heavy atom. The second-order valence-corrected chi connectivity index (χ2v) is 10.6. The third kappa shape index (κ3) is 4.76. The average molecular weight is 562 g/mol. The van der Waals surface area contributed by atoms with E-state index in [1.807, 2.05) is 54.6 Å². The molecule has 0 saturated carbocycles. The third-order valence-corrected chi connectivity index (χ3v) is 7.38. The zero-order valence-electron chi connectivity index (χ0n) is 16.5. The molecule has 0 radical (unpaired) electrons. The lowest BCUT2D eigenvalue weighted by Gasteiger charge is -2.17. The lowest BCUT2D eigenvalue weighted by molar-refractivity contribution is 0.554. The molecule has 31 heavy (non-hydrogen) atoms. The average Bonchev–Trinajstić information content (AvgIpc) is 3.22. The standard InChI is InChI=1S/C23H18Br2N2O3S/c1-27(15-16-5-3-2-4-6-16)23-22(31(28,29)20-13-11-19(25)12-14-20)26-21(30-23)17-7-9-18(24)10-8-17/h2-14H,15H2,1H3. The van der Waals surface area contributed by atoms with Crippen molar-refractivity contribution in [3.05, 3.63) is 93.4 Å². The van der Waals surface area contributed by atoms with Gasteiger partial charge in [-0.15, -0.1) is 0 Å². The van der Waals surface area contributed by atoms with E-state index in [0.29, 0.717) is 12.1 Å². The molecule has 4 aromatic rings. The van der Waals surface area contributed by atoms with Crippen LogP contribution >= 0.6 is 31.9 Å². The van der Waals surface area contributed by atoms with Crippen LogP contribution in [0.5, 0.6) is 0 Å². The number of sulfone groups is 1. The predicted molar refractivity (Wildman–Crippen MR) is 128 cm³/mol. The van der Waals surface area contributed by atoms with E-state index in [2.05, 4.69) is 36.8 Å². The van der Waals surface area contributed by atoms with Gasteiger partial charge in [-0.1, -0.05) is 62.2 Å². The van der Waals surface area contributed by atoms with Crippen molar-refractivity contribution < 1.29 is 12.8 Å². The lowest BCUT2D eigenvalue weighted by Crippen LogP contribution is -2.18. The van der Waals surface area contributed by atoms with Crippen LogP contribution < -0.4 is 4.90 Å². The fourth-order valence-corrected chi connectivity index (χ4v) is 4.96. The number of nitrogens with zero attached hydrogens (tertiary/aromatic N) is 2.